The summed E-state index contributed by atoms with van der Waals surface area (Å²) in [5, 5.41) is 9.15. The number of carbonyl (C=O) groups excluding carboxylic acids is 2. The van der Waals surface area contributed by atoms with Gasteiger partial charge < -0.3 is 15.5 Å². The standard InChI is InChI=1S/C28H38N4O2S/c1-17-13-14-18(2)24(19(17)3)22-16-35-27(30-22)23-12-9-15-32(23)28(34)25(21-10-7-6-8-11-21)31-26(33)20(4)29-5/h10,13-14,16,20,23,25,29H,6-9,11-12,15H2,1-5H3,(H,31,33)/t20-,23-,25-/m0/s1. The van der Waals surface area contributed by atoms with Gasteiger partial charge in [0.15, 0.2) is 0 Å². The molecule has 2 heterocycles. The van der Waals surface area contributed by atoms with Gasteiger partial charge in [-0.15, -0.1) is 11.3 Å². The predicted octanol–water partition coefficient (Wildman–Crippen LogP) is 4.99. The Balaban J connectivity index is 1.61. The fourth-order valence-electron chi connectivity index (χ4n) is 5.19. The molecule has 7 heteroatoms. The summed E-state index contributed by atoms with van der Waals surface area (Å²) in [6, 6.07) is 3.31. The number of likely N-dealkylation sites (tertiary alicyclic amines) is 1. The van der Waals surface area contributed by atoms with Gasteiger partial charge in [0, 0.05) is 17.5 Å². The van der Waals surface area contributed by atoms with Gasteiger partial charge in [-0.25, -0.2) is 4.98 Å². The zero-order valence-electron chi connectivity index (χ0n) is 21.6. The van der Waals surface area contributed by atoms with Crippen molar-refractivity contribution in [2.24, 2.45) is 0 Å². The van der Waals surface area contributed by atoms with Crippen LogP contribution in [0, 0.1) is 20.8 Å². The minimum Gasteiger partial charge on any atom is -0.339 e. The van der Waals surface area contributed by atoms with Crippen LogP contribution in [-0.4, -0.2) is 47.4 Å². The average Bonchev–Trinajstić information content (AvgIpc) is 3.54. The molecule has 1 aliphatic heterocycles. The van der Waals surface area contributed by atoms with Crippen molar-refractivity contribution in [1.29, 1.82) is 0 Å². The van der Waals surface area contributed by atoms with Crippen LogP contribution < -0.4 is 10.6 Å². The van der Waals surface area contributed by atoms with Crippen molar-refractivity contribution in [3.63, 3.8) is 0 Å². The van der Waals surface area contributed by atoms with Crippen LogP contribution in [0.15, 0.2) is 29.2 Å². The monoisotopic (exact) mass is 494 g/mol. The van der Waals surface area contributed by atoms with Crippen LogP contribution in [0.1, 0.15) is 73.2 Å². The first-order valence-electron chi connectivity index (χ1n) is 12.8. The maximum atomic E-state index is 13.9. The number of hydrogen-bond donors (Lipinski definition) is 2. The molecule has 0 spiro atoms. The molecule has 6 nitrogen and oxygen atoms in total. The number of benzene rings is 1. The molecule has 1 aliphatic carbocycles. The first-order valence-corrected chi connectivity index (χ1v) is 13.7. The first kappa shape index (κ1) is 25.6. The summed E-state index contributed by atoms with van der Waals surface area (Å²) in [6.45, 7) is 8.93. The van der Waals surface area contributed by atoms with E-state index >= 15 is 0 Å². The molecule has 2 N–H and O–H groups in total. The maximum Gasteiger partial charge on any atom is 0.250 e. The van der Waals surface area contributed by atoms with E-state index in [1.807, 2.05) is 11.8 Å². The van der Waals surface area contributed by atoms with Gasteiger partial charge in [-0.1, -0.05) is 18.2 Å². The third kappa shape index (κ3) is 5.36. The van der Waals surface area contributed by atoms with Gasteiger partial charge in [0.25, 0.3) is 0 Å². The molecular weight excluding hydrogens is 456 g/mol. The minimum atomic E-state index is -0.597. The number of likely N-dealkylation sites (N-methyl/N-ethyl adjacent to an activating group) is 1. The molecule has 2 aliphatic rings. The molecule has 1 aromatic heterocycles. The molecule has 2 amide bonds. The molecule has 0 unspecified atom stereocenters. The van der Waals surface area contributed by atoms with E-state index in [-0.39, 0.29) is 23.9 Å². The number of nitrogens with one attached hydrogen (secondary N) is 2. The van der Waals surface area contributed by atoms with E-state index in [0.29, 0.717) is 6.54 Å². The molecule has 35 heavy (non-hydrogen) atoms. The summed E-state index contributed by atoms with van der Waals surface area (Å²) in [5.74, 6) is -0.146. The Bertz CT molecular complexity index is 1120. The summed E-state index contributed by atoms with van der Waals surface area (Å²) >= 11 is 1.64. The lowest BCUT2D eigenvalue weighted by Crippen LogP contribution is -2.53. The fraction of sp³-hybridized carbons (Fsp3) is 0.536. The van der Waals surface area contributed by atoms with E-state index in [1.165, 1.54) is 22.3 Å². The number of amides is 2. The Kier molecular flexibility index (Phi) is 8.07. The van der Waals surface area contributed by atoms with Crippen LogP contribution in [0.4, 0.5) is 0 Å². The van der Waals surface area contributed by atoms with Gasteiger partial charge in [-0.2, -0.15) is 0 Å². The lowest BCUT2D eigenvalue weighted by molar-refractivity contribution is -0.136. The highest BCUT2D eigenvalue weighted by Gasteiger charge is 2.38. The quantitative estimate of drug-likeness (QED) is 0.532. The van der Waals surface area contributed by atoms with Crippen molar-refractivity contribution < 1.29 is 9.59 Å². The summed E-state index contributed by atoms with van der Waals surface area (Å²) in [6.07, 6.45) is 8.02. The van der Waals surface area contributed by atoms with Crippen molar-refractivity contribution in [2.45, 2.75) is 84.3 Å². The summed E-state index contributed by atoms with van der Waals surface area (Å²) < 4.78 is 0. The summed E-state index contributed by atoms with van der Waals surface area (Å²) in [4.78, 5) is 33.7. The Hall–Kier alpha value is -2.51. The predicted molar refractivity (Wildman–Crippen MR) is 142 cm³/mol. The highest BCUT2D eigenvalue weighted by molar-refractivity contribution is 7.10. The SMILES string of the molecule is CN[C@@H](C)C(=O)N[C@H](C(=O)N1CCC[C@H]1c1nc(-c2c(C)ccc(C)c2C)cs1)C1=CCCCC1. The lowest BCUT2D eigenvalue weighted by Gasteiger charge is -2.31. The van der Waals surface area contributed by atoms with Gasteiger partial charge in [-0.05, 0) is 95.5 Å². The molecule has 0 radical (unpaired) electrons. The van der Waals surface area contributed by atoms with Crippen molar-refractivity contribution in [1.82, 2.24) is 20.5 Å². The number of thiazole rings is 1. The molecule has 3 atom stereocenters. The van der Waals surface area contributed by atoms with Gasteiger partial charge in [0.05, 0.1) is 17.8 Å². The van der Waals surface area contributed by atoms with Gasteiger partial charge in [-0.3, -0.25) is 9.59 Å². The molecule has 4 rings (SSSR count). The van der Waals surface area contributed by atoms with Gasteiger partial charge in [0.1, 0.15) is 11.0 Å². The van der Waals surface area contributed by atoms with Crippen molar-refractivity contribution in [2.75, 3.05) is 13.6 Å². The zero-order chi connectivity index (χ0) is 25.1. The topological polar surface area (TPSA) is 74.3 Å². The van der Waals surface area contributed by atoms with E-state index in [0.717, 1.165) is 54.8 Å². The average molecular weight is 495 g/mol. The first-order chi connectivity index (χ1) is 16.8. The van der Waals surface area contributed by atoms with Crippen LogP contribution in [-0.2, 0) is 9.59 Å². The molecule has 188 valence electrons. The highest BCUT2D eigenvalue weighted by Crippen LogP contribution is 2.38. The number of carbonyl (C=O) groups is 2. The smallest absolute Gasteiger partial charge is 0.250 e. The summed E-state index contributed by atoms with van der Waals surface area (Å²) in [5.41, 5.74) is 6.97. The molecule has 1 saturated heterocycles. The van der Waals surface area contributed by atoms with Crippen molar-refractivity contribution in [3.8, 4) is 11.3 Å². The normalized spacial score (nSPS) is 19.9. The van der Waals surface area contributed by atoms with Gasteiger partial charge >= 0.3 is 0 Å². The number of rotatable bonds is 7. The van der Waals surface area contributed by atoms with Crippen LogP contribution >= 0.6 is 11.3 Å². The Morgan fingerprint density at radius 1 is 1.14 bits per heavy atom. The molecular formula is C28H38N4O2S. The molecule has 2 aromatic rings. The van der Waals surface area contributed by atoms with E-state index < -0.39 is 6.04 Å². The largest absolute Gasteiger partial charge is 0.339 e. The Labute approximate surface area is 213 Å². The third-order valence-corrected chi connectivity index (χ3v) is 8.55. The van der Waals surface area contributed by atoms with Crippen LogP contribution in [0.2, 0.25) is 0 Å². The van der Waals surface area contributed by atoms with E-state index in [9.17, 15) is 9.59 Å². The number of hydrogen-bond acceptors (Lipinski definition) is 5. The Morgan fingerprint density at radius 2 is 1.91 bits per heavy atom. The van der Waals surface area contributed by atoms with Crippen LogP contribution in [0.25, 0.3) is 11.3 Å². The lowest BCUT2D eigenvalue weighted by atomic mass is 9.92. The minimum absolute atomic E-state index is 0.00281. The zero-order valence-corrected chi connectivity index (χ0v) is 22.4. The van der Waals surface area contributed by atoms with E-state index in [1.54, 1.807) is 18.4 Å². The second-order valence-electron chi connectivity index (χ2n) is 9.94. The van der Waals surface area contributed by atoms with Crippen LogP contribution in [0.3, 0.4) is 0 Å². The van der Waals surface area contributed by atoms with E-state index in [2.05, 4.69) is 55.0 Å². The Morgan fingerprint density at radius 3 is 2.63 bits per heavy atom. The number of aryl methyl sites for hydroxylation is 2. The molecule has 1 fully saturated rings. The van der Waals surface area contributed by atoms with Crippen LogP contribution in [0.5, 0.6) is 0 Å². The molecule has 0 bridgehead atoms. The number of nitrogens with zero attached hydrogens (tertiary/aromatic N) is 2. The number of allylic oxidation sites excluding steroid dienone is 1. The van der Waals surface area contributed by atoms with Crippen molar-refractivity contribution >= 4 is 23.2 Å². The van der Waals surface area contributed by atoms with E-state index in [4.69, 9.17) is 4.98 Å². The highest BCUT2D eigenvalue weighted by atomic mass is 32.1. The second kappa shape index (κ2) is 11.0. The fourth-order valence-corrected chi connectivity index (χ4v) is 6.15. The summed E-state index contributed by atoms with van der Waals surface area (Å²) in [7, 11) is 1.76. The third-order valence-electron chi connectivity index (χ3n) is 7.60. The molecule has 1 aromatic carbocycles. The number of aromatic nitrogens is 1. The van der Waals surface area contributed by atoms with Gasteiger partial charge in [0.2, 0.25) is 11.8 Å². The maximum absolute atomic E-state index is 13.9. The second-order valence-corrected chi connectivity index (χ2v) is 10.8. The van der Waals surface area contributed by atoms with Crippen molar-refractivity contribution in [3.05, 3.63) is 50.9 Å². The molecule has 0 saturated carbocycles.